The molecular weight excluding hydrogens is 282 g/mol. The van der Waals surface area contributed by atoms with Crippen molar-refractivity contribution in [2.75, 3.05) is 13.7 Å². The molecule has 0 aliphatic carbocycles. The summed E-state index contributed by atoms with van der Waals surface area (Å²) in [5.41, 5.74) is 0. The van der Waals surface area contributed by atoms with Crippen molar-refractivity contribution in [1.29, 1.82) is 0 Å². The second-order valence-corrected chi connectivity index (χ2v) is 6.17. The van der Waals surface area contributed by atoms with Crippen molar-refractivity contribution in [3.8, 4) is 5.75 Å². The van der Waals surface area contributed by atoms with Crippen LogP contribution in [0.4, 0.5) is 0 Å². The van der Waals surface area contributed by atoms with Crippen LogP contribution in [0.2, 0.25) is 0 Å². The first-order chi connectivity index (χ1) is 9.39. The van der Waals surface area contributed by atoms with Crippen LogP contribution in [0, 0.1) is 5.92 Å². The zero-order chi connectivity index (χ0) is 15.2. The van der Waals surface area contributed by atoms with Gasteiger partial charge in [0.25, 0.3) is 0 Å². The first-order valence-electron chi connectivity index (χ1n) is 6.24. The second kappa shape index (κ2) is 7.25. The van der Waals surface area contributed by atoms with E-state index in [0.717, 1.165) is 0 Å². The Morgan fingerprint density at radius 1 is 1.35 bits per heavy atom. The van der Waals surface area contributed by atoms with Crippen LogP contribution < -0.4 is 9.46 Å². The maximum absolute atomic E-state index is 12.0. The Morgan fingerprint density at radius 3 is 2.40 bits per heavy atom. The van der Waals surface area contributed by atoms with E-state index in [1.165, 1.54) is 19.2 Å². The van der Waals surface area contributed by atoms with E-state index in [0.29, 0.717) is 12.2 Å². The van der Waals surface area contributed by atoms with Gasteiger partial charge in [-0.25, -0.2) is 13.1 Å². The molecular formula is C13H19NO5S. The van der Waals surface area contributed by atoms with Gasteiger partial charge in [-0.05, 0) is 30.2 Å². The van der Waals surface area contributed by atoms with Crippen LogP contribution >= 0.6 is 0 Å². The van der Waals surface area contributed by atoms with E-state index < -0.39 is 16.0 Å². The van der Waals surface area contributed by atoms with E-state index in [1.807, 2.05) is 6.92 Å². The van der Waals surface area contributed by atoms with Crippen molar-refractivity contribution >= 4 is 16.0 Å². The fourth-order valence-corrected chi connectivity index (χ4v) is 2.79. The van der Waals surface area contributed by atoms with Crippen molar-refractivity contribution in [3.05, 3.63) is 24.3 Å². The number of carboxylic acids is 1. The lowest BCUT2D eigenvalue weighted by molar-refractivity contribution is -0.138. The molecule has 1 atom stereocenters. The number of sulfonamides is 1. The number of carbonyl (C=O) groups is 1. The minimum atomic E-state index is -3.62. The number of hydrogen-bond donors (Lipinski definition) is 2. The van der Waals surface area contributed by atoms with Gasteiger partial charge in [0.2, 0.25) is 10.0 Å². The predicted octanol–water partition coefficient (Wildman–Crippen LogP) is 1.47. The SMILES string of the molecule is CCC(CNS(=O)(=O)c1ccc(OC)cc1)CC(=O)O. The van der Waals surface area contributed by atoms with Crippen molar-refractivity contribution in [1.82, 2.24) is 4.72 Å². The van der Waals surface area contributed by atoms with Gasteiger partial charge in [-0.15, -0.1) is 0 Å². The van der Waals surface area contributed by atoms with Gasteiger partial charge in [0.15, 0.2) is 0 Å². The Hall–Kier alpha value is -1.60. The topological polar surface area (TPSA) is 92.7 Å². The van der Waals surface area contributed by atoms with Gasteiger partial charge in [0.05, 0.1) is 12.0 Å². The summed E-state index contributed by atoms with van der Waals surface area (Å²) in [6.45, 7) is 1.94. The van der Waals surface area contributed by atoms with E-state index in [4.69, 9.17) is 9.84 Å². The van der Waals surface area contributed by atoms with Gasteiger partial charge in [0, 0.05) is 13.0 Å². The van der Waals surface area contributed by atoms with Crippen molar-refractivity contribution < 1.29 is 23.1 Å². The summed E-state index contributed by atoms with van der Waals surface area (Å²) in [5, 5.41) is 8.73. The lowest BCUT2D eigenvalue weighted by Gasteiger charge is -2.13. The third-order valence-electron chi connectivity index (χ3n) is 2.97. The molecule has 0 spiro atoms. The van der Waals surface area contributed by atoms with Crippen molar-refractivity contribution in [2.24, 2.45) is 5.92 Å². The molecule has 0 saturated carbocycles. The van der Waals surface area contributed by atoms with Crippen LogP contribution in [0.1, 0.15) is 19.8 Å². The van der Waals surface area contributed by atoms with Gasteiger partial charge in [-0.1, -0.05) is 13.3 Å². The van der Waals surface area contributed by atoms with Gasteiger partial charge in [0.1, 0.15) is 5.75 Å². The minimum Gasteiger partial charge on any atom is -0.497 e. The molecule has 1 aromatic carbocycles. The Labute approximate surface area is 118 Å². The molecule has 112 valence electrons. The molecule has 0 aromatic heterocycles. The Bertz CT molecular complexity index is 538. The van der Waals surface area contributed by atoms with Gasteiger partial charge in [-0.3, -0.25) is 4.79 Å². The Balaban J connectivity index is 2.71. The number of aliphatic carboxylic acids is 1. The number of methoxy groups -OCH3 is 1. The first kappa shape index (κ1) is 16.5. The van der Waals surface area contributed by atoms with Crippen LogP contribution in [-0.2, 0) is 14.8 Å². The summed E-state index contributed by atoms with van der Waals surface area (Å²) >= 11 is 0. The molecule has 0 amide bonds. The molecule has 0 aliphatic rings. The highest BCUT2D eigenvalue weighted by molar-refractivity contribution is 7.89. The normalized spacial score (nSPS) is 12.9. The Kier molecular flexibility index (Phi) is 5.97. The molecule has 20 heavy (non-hydrogen) atoms. The smallest absolute Gasteiger partial charge is 0.303 e. The van der Waals surface area contributed by atoms with E-state index in [1.54, 1.807) is 12.1 Å². The zero-order valence-electron chi connectivity index (χ0n) is 11.5. The fraction of sp³-hybridized carbons (Fsp3) is 0.462. The molecule has 1 rings (SSSR count). The molecule has 0 radical (unpaired) electrons. The number of hydrogen-bond acceptors (Lipinski definition) is 4. The van der Waals surface area contributed by atoms with Gasteiger partial charge >= 0.3 is 5.97 Å². The second-order valence-electron chi connectivity index (χ2n) is 4.40. The number of carboxylic acid groups (broad SMARTS) is 1. The third-order valence-corrected chi connectivity index (χ3v) is 4.41. The molecule has 6 nitrogen and oxygen atoms in total. The highest BCUT2D eigenvalue weighted by Gasteiger charge is 2.17. The van der Waals surface area contributed by atoms with E-state index in [-0.39, 0.29) is 23.8 Å². The molecule has 0 aliphatic heterocycles. The summed E-state index contributed by atoms with van der Waals surface area (Å²) < 4.78 is 31.5. The average Bonchev–Trinajstić information content (AvgIpc) is 2.43. The molecule has 0 fully saturated rings. The van der Waals surface area contributed by atoms with Crippen molar-refractivity contribution in [2.45, 2.75) is 24.7 Å². The average molecular weight is 301 g/mol. The van der Waals surface area contributed by atoms with Crippen LogP contribution in [0.5, 0.6) is 5.75 Å². The number of benzene rings is 1. The summed E-state index contributed by atoms with van der Waals surface area (Å²) in [5.74, 6) is -0.581. The summed E-state index contributed by atoms with van der Waals surface area (Å²) in [7, 11) is -2.13. The first-order valence-corrected chi connectivity index (χ1v) is 7.73. The largest absolute Gasteiger partial charge is 0.497 e. The number of rotatable bonds is 8. The predicted molar refractivity (Wildman–Crippen MR) is 74.2 cm³/mol. The zero-order valence-corrected chi connectivity index (χ0v) is 12.3. The maximum atomic E-state index is 12.0. The van der Waals surface area contributed by atoms with Gasteiger partial charge in [-0.2, -0.15) is 0 Å². The number of ether oxygens (including phenoxy) is 1. The molecule has 1 aromatic rings. The third kappa shape index (κ3) is 4.82. The molecule has 0 heterocycles. The summed E-state index contributed by atoms with van der Waals surface area (Å²) in [6.07, 6.45) is 0.541. The molecule has 0 saturated heterocycles. The molecule has 1 unspecified atom stereocenters. The lowest BCUT2D eigenvalue weighted by atomic mass is 10.0. The highest BCUT2D eigenvalue weighted by Crippen LogP contribution is 2.16. The monoisotopic (exact) mass is 301 g/mol. The molecule has 2 N–H and O–H groups in total. The number of nitrogens with one attached hydrogen (secondary N) is 1. The van der Waals surface area contributed by atoms with E-state index >= 15 is 0 Å². The standard InChI is InChI=1S/C13H19NO5S/c1-3-10(8-13(15)16)9-14-20(17,18)12-6-4-11(19-2)5-7-12/h4-7,10,14H,3,8-9H2,1-2H3,(H,15,16). The van der Waals surface area contributed by atoms with E-state index in [2.05, 4.69) is 4.72 Å². The van der Waals surface area contributed by atoms with Crippen molar-refractivity contribution in [3.63, 3.8) is 0 Å². The summed E-state index contributed by atoms with van der Waals surface area (Å²) in [4.78, 5) is 10.8. The quantitative estimate of drug-likeness (QED) is 0.758. The highest BCUT2D eigenvalue weighted by atomic mass is 32.2. The van der Waals surface area contributed by atoms with Crippen LogP contribution in [0.25, 0.3) is 0 Å². The Morgan fingerprint density at radius 2 is 1.95 bits per heavy atom. The molecule has 0 bridgehead atoms. The lowest BCUT2D eigenvalue weighted by Crippen LogP contribution is -2.30. The minimum absolute atomic E-state index is 0.0539. The fourth-order valence-electron chi connectivity index (χ4n) is 1.67. The van der Waals surface area contributed by atoms with Crippen LogP contribution in [-0.4, -0.2) is 33.1 Å². The van der Waals surface area contributed by atoms with Gasteiger partial charge < -0.3 is 9.84 Å². The van der Waals surface area contributed by atoms with Crippen LogP contribution in [0.15, 0.2) is 29.2 Å². The van der Waals surface area contributed by atoms with E-state index in [9.17, 15) is 13.2 Å². The maximum Gasteiger partial charge on any atom is 0.303 e. The summed E-state index contributed by atoms with van der Waals surface area (Å²) in [6, 6.07) is 6.00. The van der Waals surface area contributed by atoms with Crippen LogP contribution in [0.3, 0.4) is 0 Å². The molecule has 7 heteroatoms.